The van der Waals surface area contributed by atoms with Crippen molar-refractivity contribution in [3.63, 3.8) is 0 Å². The average Bonchev–Trinajstić information content (AvgIpc) is 2.54. The van der Waals surface area contributed by atoms with E-state index in [4.69, 9.17) is 4.43 Å². The van der Waals surface area contributed by atoms with Gasteiger partial charge in [-0.15, -0.1) is 0 Å². The third kappa shape index (κ3) is 3.76. The van der Waals surface area contributed by atoms with E-state index >= 15 is 0 Å². The number of rotatable bonds is 4. The standard InChI is InChI=1S/C13H26OSi/c1-13(2,3)15(4,5)14-11-10-12-8-6-7-9-12/h6,8,12H,7,9-11H2,1-5H3/t12-/m0/s1. The summed E-state index contributed by atoms with van der Waals surface area (Å²) in [6.07, 6.45) is 8.47. The highest BCUT2D eigenvalue weighted by atomic mass is 28.4. The van der Waals surface area contributed by atoms with Crippen LogP contribution in [0.4, 0.5) is 0 Å². The third-order valence-corrected chi connectivity index (χ3v) is 8.41. The van der Waals surface area contributed by atoms with E-state index in [2.05, 4.69) is 46.0 Å². The molecule has 0 fully saturated rings. The maximum absolute atomic E-state index is 6.16. The summed E-state index contributed by atoms with van der Waals surface area (Å²) >= 11 is 0. The Morgan fingerprint density at radius 1 is 1.33 bits per heavy atom. The predicted octanol–water partition coefficient (Wildman–Crippen LogP) is 4.36. The molecule has 0 unspecified atom stereocenters. The Morgan fingerprint density at radius 2 is 2.00 bits per heavy atom. The lowest BCUT2D eigenvalue weighted by Gasteiger charge is -2.36. The van der Waals surface area contributed by atoms with E-state index in [1.54, 1.807) is 0 Å². The van der Waals surface area contributed by atoms with E-state index < -0.39 is 8.32 Å². The van der Waals surface area contributed by atoms with Crippen LogP contribution in [-0.2, 0) is 4.43 Å². The van der Waals surface area contributed by atoms with Crippen molar-refractivity contribution >= 4 is 8.32 Å². The second-order valence-corrected chi connectivity index (χ2v) is 11.0. The lowest BCUT2D eigenvalue weighted by Crippen LogP contribution is -2.41. The van der Waals surface area contributed by atoms with Gasteiger partial charge in [-0.3, -0.25) is 0 Å². The smallest absolute Gasteiger partial charge is 0.191 e. The Bertz CT molecular complexity index is 225. The van der Waals surface area contributed by atoms with Gasteiger partial charge in [-0.1, -0.05) is 32.9 Å². The number of hydrogen-bond acceptors (Lipinski definition) is 1. The quantitative estimate of drug-likeness (QED) is 0.511. The first-order valence-electron chi connectivity index (χ1n) is 6.13. The van der Waals surface area contributed by atoms with Crippen LogP contribution in [0.3, 0.4) is 0 Å². The Morgan fingerprint density at radius 3 is 2.47 bits per heavy atom. The summed E-state index contributed by atoms with van der Waals surface area (Å²) < 4.78 is 6.16. The Hall–Kier alpha value is -0.0831. The summed E-state index contributed by atoms with van der Waals surface area (Å²) in [5, 5.41) is 0.346. The zero-order valence-corrected chi connectivity index (χ0v) is 12.0. The molecular weight excluding hydrogens is 200 g/mol. The second kappa shape index (κ2) is 4.83. The average molecular weight is 226 g/mol. The van der Waals surface area contributed by atoms with Crippen molar-refractivity contribution in [2.45, 2.75) is 58.2 Å². The summed E-state index contributed by atoms with van der Waals surface area (Å²) in [5.41, 5.74) is 0. The maximum Gasteiger partial charge on any atom is 0.191 e. The SMILES string of the molecule is CC(C)(C)[Si](C)(C)OCC[C@H]1C=CCC1. The highest BCUT2D eigenvalue weighted by Crippen LogP contribution is 2.36. The Kier molecular flexibility index (Phi) is 4.18. The van der Waals surface area contributed by atoms with Crippen LogP contribution < -0.4 is 0 Å². The molecule has 0 amide bonds. The molecule has 0 saturated carbocycles. The van der Waals surface area contributed by atoms with Crippen LogP contribution in [0.2, 0.25) is 18.1 Å². The van der Waals surface area contributed by atoms with Crippen molar-refractivity contribution in [3.05, 3.63) is 12.2 Å². The fourth-order valence-electron chi connectivity index (χ4n) is 1.62. The zero-order valence-electron chi connectivity index (χ0n) is 11.0. The van der Waals surface area contributed by atoms with Crippen molar-refractivity contribution in [1.29, 1.82) is 0 Å². The molecule has 0 saturated heterocycles. The van der Waals surface area contributed by atoms with E-state index in [1.165, 1.54) is 19.3 Å². The Labute approximate surface area is 96.0 Å². The van der Waals surface area contributed by atoms with Gasteiger partial charge in [0, 0.05) is 6.61 Å². The summed E-state index contributed by atoms with van der Waals surface area (Å²) in [5.74, 6) is 0.787. The van der Waals surface area contributed by atoms with E-state index in [-0.39, 0.29) is 0 Å². The van der Waals surface area contributed by atoms with Crippen LogP contribution in [0.1, 0.15) is 40.0 Å². The van der Waals surface area contributed by atoms with E-state index in [1.807, 2.05) is 0 Å². The minimum absolute atomic E-state index is 0.346. The van der Waals surface area contributed by atoms with Crippen molar-refractivity contribution in [1.82, 2.24) is 0 Å². The van der Waals surface area contributed by atoms with Crippen LogP contribution in [0, 0.1) is 5.92 Å². The van der Waals surface area contributed by atoms with E-state index in [0.717, 1.165) is 12.5 Å². The molecule has 1 atom stereocenters. The van der Waals surface area contributed by atoms with Gasteiger partial charge in [0.25, 0.3) is 0 Å². The summed E-state index contributed by atoms with van der Waals surface area (Å²) in [7, 11) is -1.50. The van der Waals surface area contributed by atoms with Crippen LogP contribution in [0.5, 0.6) is 0 Å². The van der Waals surface area contributed by atoms with Gasteiger partial charge >= 0.3 is 0 Å². The molecular formula is C13H26OSi. The van der Waals surface area contributed by atoms with Gasteiger partial charge in [0.05, 0.1) is 0 Å². The van der Waals surface area contributed by atoms with Gasteiger partial charge in [-0.25, -0.2) is 0 Å². The minimum Gasteiger partial charge on any atom is -0.417 e. The molecule has 0 N–H and O–H groups in total. The van der Waals surface area contributed by atoms with Gasteiger partial charge in [-0.2, -0.15) is 0 Å². The first-order valence-corrected chi connectivity index (χ1v) is 9.04. The molecule has 88 valence electrons. The molecule has 15 heavy (non-hydrogen) atoms. The van der Waals surface area contributed by atoms with Crippen LogP contribution in [0.15, 0.2) is 12.2 Å². The molecule has 1 aliphatic carbocycles. The molecule has 1 rings (SSSR count). The lowest BCUT2D eigenvalue weighted by molar-refractivity contribution is 0.266. The van der Waals surface area contributed by atoms with E-state index in [0.29, 0.717) is 5.04 Å². The van der Waals surface area contributed by atoms with Gasteiger partial charge in [0.2, 0.25) is 0 Å². The first-order chi connectivity index (χ1) is 6.83. The Balaban J connectivity index is 2.27. The highest BCUT2D eigenvalue weighted by Gasteiger charge is 2.36. The highest BCUT2D eigenvalue weighted by molar-refractivity contribution is 6.74. The predicted molar refractivity (Wildman–Crippen MR) is 69.6 cm³/mol. The molecule has 0 heterocycles. The monoisotopic (exact) mass is 226 g/mol. The van der Waals surface area contributed by atoms with Crippen molar-refractivity contribution in [2.75, 3.05) is 6.61 Å². The van der Waals surface area contributed by atoms with E-state index in [9.17, 15) is 0 Å². The van der Waals surface area contributed by atoms with Crippen molar-refractivity contribution < 1.29 is 4.43 Å². The fraction of sp³-hybridized carbons (Fsp3) is 0.846. The minimum atomic E-state index is -1.50. The van der Waals surface area contributed by atoms with Gasteiger partial charge < -0.3 is 4.43 Å². The molecule has 0 aromatic heterocycles. The van der Waals surface area contributed by atoms with Crippen LogP contribution >= 0.6 is 0 Å². The largest absolute Gasteiger partial charge is 0.417 e. The van der Waals surface area contributed by atoms with Crippen molar-refractivity contribution in [2.24, 2.45) is 5.92 Å². The van der Waals surface area contributed by atoms with Crippen LogP contribution in [0.25, 0.3) is 0 Å². The maximum atomic E-state index is 6.16. The molecule has 0 radical (unpaired) electrons. The summed E-state index contributed by atoms with van der Waals surface area (Å²) in [6.45, 7) is 12.5. The molecule has 0 aliphatic heterocycles. The lowest BCUT2D eigenvalue weighted by atomic mass is 10.1. The van der Waals surface area contributed by atoms with Crippen molar-refractivity contribution in [3.8, 4) is 0 Å². The fourth-order valence-corrected chi connectivity index (χ4v) is 2.68. The molecule has 0 aromatic carbocycles. The molecule has 0 aromatic rings. The zero-order chi connectivity index (χ0) is 11.5. The van der Waals surface area contributed by atoms with Gasteiger partial charge in [0.15, 0.2) is 8.32 Å². The normalized spacial score (nSPS) is 22.3. The third-order valence-electron chi connectivity index (χ3n) is 3.87. The summed E-state index contributed by atoms with van der Waals surface area (Å²) in [4.78, 5) is 0. The van der Waals surface area contributed by atoms with Gasteiger partial charge in [0.1, 0.15) is 0 Å². The summed E-state index contributed by atoms with van der Waals surface area (Å²) in [6, 6.07) is 0. The number of hydrogen-bond donors (Lipinski definition) is 0. The molecule has 0 bridgehead atoms. The molecule has 2 heteroatoms. The van der Waals surface area contributed by atoms with Gasteiger partial charge in [-0.05, 0) is 43.3 Å². The molecule has 1 nitrogen and oxygen atoms in total. The first kappa shape index (κ1) is 13.0. The molecule has 0 spiro atoms. The topological polar surface area (TPSA) is 9.23 Å². The number of allylic oxidation sites excluding steroid dienone is 2. The molecule has 1 aliphatic rings. The van der Waals surface area contributed by atoms with Crippen LogP contribution in [-0.4, -0.2) is 14.9 Å². The second-order valence-electron chi connectivity index (χ2n) is 6.16.